The number of carbonyl (C=O) groups excluding carboxylic acids is 2. The van der Waals surface area contributed by atoms with Crippen LogP contribution in [-0.2, 0) is 19.1 Å². The van der Waals surface area contributed by atoms with Gasteiger partial charge in [-0.2, -0.15) is 0 Å². The molecule has 0 bridgehead atoms. The Bertz CT molecular complexity index is 971. The first-order valence-electron chi connectivity index (χ1n) is 10.3. The zero-order valence-corrected chi connectivity index (χ0v) is 17.9. The van der Waals surface area contributed by atoms with E-state index in [0.29, 0.717) is 5.56 Å². The highest BCUT2D eigenvalue weighted by atomic mass is 16.6. The Morgan fingerprint density at radius 2 is 2.15 bits per heavy atom. The van der Waals surface area contributed by atoms with Gasteiger partial charge in [0.15, 0.2) is 0 Å². The highest BCUT2D eigenvalue weighted by Crippen LogP contribution is 2.33. The predicted octanol–water partition coefficient (Wildman–Crippen LogP) is 1.03. The first kappa shape index (κ1) is 24.2. The number of rotatable bonds is 6. The fourth-order valence-corrected chi connectivity index (χ4v) is 3.39. The molecular formula is C23H26N2O8. The van der Waals surface area contributed by atoms with E-state index >= 15 is 0 Å². The van der Waals surface area contributed by atoms with Crippen LogP contribution in [0.1, 0.15) is 28.8 Å². The minimum atomic E-state index is -0.981. The number of phenols is 1. The van der Waals surface area contributed by atoms with E-state index in [-0.39, 0.29) is 24.2 Å². The van der Waals surface area contributed by atoms with Crippen LogP contribution < -0.4 is 5.32 Å². The molecule has 1 amide bonds. The van der Waals surface area contributed by atoms with Gasteiger partial charge < -0.3 is 34.9 Å². The van der Waals surface area contributed by atoms with E-state index in [1.165, 1.54) is 49.9 Å². The van der Waals surface area contributed by atoms with Gasteiger partial charge in [-0.1, -0.05) is 35.5 Å². The number of nitrogens with zero attached hydrogens (tertiary/aromatic N) is 1. The second kappa shape index (κ2) is 11.4. The van der Waals surface area contributed by atoms with Gasteiger partial charge in [0.1, 0.15) is 42.8 Å². The normalized spacial score (nSPS) is 27.5. The van der Waals surface area contributed by atoms with E-state index < -0.39 is 42.4 Å². The molecule has 2 heterocycles. The molecule has 1 saturated heterocycles. The number of esters is 1. The number of amides is 1. The van der Waals surface area contributed by atoms with Gasteiger partial charge in [0.25, 0.3) is 0 Å². The number of epoxide rings is 1. The number of carbonyl (C=O) groups is 2. The van der Waals surface area contributed by atoms with E-state index in [2.05, 4.69) is 15.3 Å². The van der Waals surface area contributed by atoms with Crippen LogP contribution in [0.4, 0.5) is 0 Å². The molecule has 0 radical (unpaired) electrons. The molecule has 176 valence electrons. The highest BCUT2D eigenvalue weighted by molar-refractivity contribution is 5.96. The first-order chi connectivity index (χ1) is 15.9. The number of phenolic OH excluding ortho intramolecular Hbond substituents is 1. The van der Waals surface area contributed by atoms with Crippen molar-refractivity contribution in [2.75, 3.05) is 7.11 Å². The van der Waals surface area contributed by atoms with Gasteiger partial charge >= 0.3 is 5.97 Å². The lowest BCUT2D eigenvalue weighted by atomic mass is 10.00. The number of fused-ring (bicyclic) bond motifs is 2. The zero-order valence-electron chi connectivity index (χ0n) is 17.9. The van der Waals surface area contributed by atoms with Crippen molar-refractivity contribution in [3.63, 3.8) is 0 Å². The Labute approximate surface area is 190 Å². The maximum Gasteiger partial charge on any atom is 0.342 e. The number of hydrogen-bond acceptors (Lipinski definition) is 9. The number of oxime groups is 1. The average Bonchev–Trinajstić information content (AvgIpc) is 3.58. The molecule has 4 N–H and O–H groups in total. The number of hydrogen-bond donors (Lipinski definition) is 4. The van der Waals surface area contributed by atoms with Crippen molar-refractivity contribution in [2.24, 2.45) is 5.16 Å². The Balaban J connectivity index is 1.72. The average molecular weight is 458 g/mol. The minimum Gasteiger partial charge on any atom is -0.507 e. The van der Waals surface area contributed by atoms with Crippen molar-refractivity contribution in [3.05, 3.63) is 59.8 Å². The number of ether oxygens (including phenoxy) is 2. The molecule has 1 fully saturated rings. The van der Waals surface area contributed by atoms with Crippen LogP contribution in [0.5, 0.6) is 5.75 Å². The number of nitrogens with one attached hydrogen (secondary N) is 1. The van der Waals surface area contributed by atoms with Crippen molar-refractivity contribution >= 4 is 24.2 Å². The minimum absolute atomic E-state index is 0.0396. The van der Waals surface area contributed by atoms with Crippen LogP contribution in [0, 0.1) is 0 Å². The predicted molar refractivity (Wildman–Crippen MR) is 118 cm³/mol. The molecule has 5 unspecified atom stereocenters. The van der Waals surface area contributed by atoms with Crippen LogP contribution in [0.2, 0.25) is 0 Å². The number of aliphatic hydroxyl groups excluding tert-OH is 2. The molecule has 0 aromatic heterocycles. The molecule has 2 aliphatic rings. The molecular weight excluding hydrogens is 432 g/mol. The second-order valence-corrected chi connectivity index (χ2v) is 7.43. The Kier molecular flexibility index (Phi) is 8.36. The Morgan fingerprint density at radius 3 is 2.94 bits per heavy atom. The van der Waals surface area contributed by atoms with Crippen molar-refractivity contribution in [1.29, 1.82) is 0 Å². The molecule has 0 spiro atoms. The van der Waals surface area contributed by atoms with Crippen LogP contribution in [0.15, 0.2) is 53.9 Å². The maximum atomic E-state index is 12.8. The third kappa shape index (κ3) is 6.75. The van der Waals surface area contributed by atoms with Crippen molar-refractivity contribution in [2.45, 2.75) is 43.4 Å². The fraction of sp³-hybridized carbons (Fsp3) is 0.348. The van der Waals surface area contributed by atoms with Crippen LogP contribution in [0.25, 0.3) is 6.08 Å². The lowest BCUT2D eigenvalue weighted by molar-refractivity contribution is -0.115. The third-order valence-electron chi connectivity index (χ3n) is 5.05. The van der Waals surface area contributed by atoms with Crippen molar-refractivity contribution in [1.82, 2.24) is 5.32 Å². The Hall–Kier alpha value is -3.47. The van der Waals surface area contributed by atoms with Crippen LogP contribution in [-0.4, -0.2) is 71.0 Å². The summed E-state index contributed by atoms with van der Waals surface area (Å²) >= 11 is 0. The lowest BCUT2D eigenvalue weighted by Crippen LogP contribution is -2.30. The molecule has 5 atom stereocenters. The first-order valence-corrected chi connectivity index (χ1v) is 10.3. The monoisotopic (exact) mass is 458 g/mol. The smallest absolute Gasteiger partial charge is 0.342 e. The number of aromatic hydroxyl groups is 1. The fourth-order valence-electron chi connectivity index (χ4n) is 3.39. The molecule has 10 heteroatoms. The largest absolute Gasteiger partial charge is 0.507 e. The van der Waals surface area contributed by atoms with Crippen LogP contribution >= 0.6 is 0 Å². The van der Waals surface area contributed by atoms with Gasteiger partial charge in [0, 0.05) is 25.1 Å². The highest BCUT2D eigenvalue weighted by Gasteiger charge is 2.48. The molecule has 2 aliphatic heterocycles. The zero-order chi connectivity index (χ0) is 23.8. The summed E-state index contributed by atoms with van der Waals surface area (Å²) in [5.74, 6) is -1.44. The Morgan fingerprint density at radius 1 is 1.33 bits per heavy atom. The summed E-state index contributed by atoms with van der Waals surface area (Å²) in [5.41, 5.74) is 0.331. The number of aliphatic hydroxyl groups is 2. The summed E-state index contributed by atoms with van der Waals surface area (Å²) < 4.78 is 11.0. The maximum absolute atomic E-state index is 12.8. The van der Waals surface area contributed by atoms with Gasteiger partial charge in [-0.3, -0.25) is 4.79 Å². The van der Waals surface area contributed by atoms with Gasteiger partial charge in [0.05, 0.1) is 12.3 Å². The number of allylic oxidation sites excluding steroid dienone is 1. The topological polar surface area (TPSA) is 150 Å². The summed E-state index contributed by atoms with van der Waals surface area (Å²) in [6, 6.07) is 4.55. The molecule has 10 nitrogen and oxygen atoms in total. The van der Waals surface area contributed by atoms with Gasteiger partial charge in [-0.15, -0.1) is 0 Å². The third-order valence-corrected chi connectivity index (χ3v) is 5.05. The van der Waals surface area contributed by atoms with E-state index in [9.17, 15) is 24.9 Å². The number of benzene rings is 1. The lowest BCUT2D eigenvalue weighted by Gasteiger charge is -2.20. The van der Waals surface area contributed by atoms with Crippen molar-refractivity contribution in [3.8, 4) is 5.75 Å². The molecule has 1 aromatic carbocycles. The summed E-state index contributed by atoms with van der Waals surface area (Å²) in [6.07, 6.45) is 6.20. The molecule has 3 rings (SSSR count). The molecule has 0 saturated carbocycles. The molecule has 33 heavy (non-hydrogen) atoms. The van der Waals surface area contributed by atoms with Gasteiger partial charge in [0.2, 0.25) is 5.91 Å². The summed E-state index contributed by atoms with van der Waals surface area (Å²) in [7, 11) is 1.38. The number of cyclic esters (lactones) is 1. The quantitative estimate of drug-likeness (QED) is 0.162. The van der Waals surface area contributed by atoms with E-state index in [1.54, 1.807) is 18.2 Å². The standard InChI is InChI=1S/C23H26N2O8/c1-31-25-12-4-8-19(29)24-11-3-6-15-13-18(28)22-21(33-22)17(27)10-9-14-5-2-7-16(26)20(14)23(30)32-15/h2-5,7-12,15,17-18,21-22,26-28H,6,13H2,1H3,(H,24,29). The summed E-state index contributed by atoms with van der Waals surface area (Å²) in [4.78, 5) is 29.0. The molecule has 0 aliphatic carbocycles. The van der Waals surface area contributed by atoms with Crippen molar-refractivity contribution < 1.29 is 39.2 Å². The summed E-state index contributed by atoms with van der Waals surface area (Å²) in [6.45, 7) is 0. The van der Waals surface area contributed by atoms with Gasteiger partial charge in [-0.05, 0) is 17.7 Å². The summed E-state index contributed by atoms with van der Waals surface area (Å²) in [5, 5.41) is 37.0. The SMILES string of the molecule is CON=CC=CC(=O)NC=CCC1CC(O)C2OC2C(O)C=Cc2cccc(O)c2C(=O)O1. The second-order valence-electron chi connectivity index (χ2n) is 7.43. The van der Waals surface area contributed by atoms with E-state index in [4.69, 9.17) is 9.47 Å². The van der Waals surface area contributed by atoms with E-state index in [0.717, 1.165) is 0 Å². The molecule has 1 aromatic rings. The van der Waals surface area contributed by atoms with Crippen LogP contribution in [0.3, 0.4) is 0 Å². The van der Waals surface area contributed by atoms with Gasteiger partial charge in [-0.25, -0.2) is 4.79 Å². The van der Waals surface area contributed by atoms with E-state index in [1.807, 2.05) is 0 Å².